The predicted octanol–water partition coefficient (Wildman–Crippen LogP) is 2.71. The molecule has 0 fully saturated rings. The Labute approximate surface area is 122 Å². The first-order valence-corrected chi connectivity index (χ1v) is 7.53. The quantitative estimate of drug-likeness (QED) is 0.266. The second-order valence-electron chi connectivity index (χ2n) is 4.99. The third kappa shape index (κ3) is 7.45. The molecule has 0 aromatic heterocycles. The van der Waals surface area contributed by atoms with E-state index in [2.05, 4.69) is 24.9 Å². The molecule has 112 valence electrons. The van der Waals surface area contributed by atoms with Crippen LogP contribution in [-0.2, 0) is 14.3 Å². The summed E-state index contributed by atoms with van der Waals surface area (Å²) in [6.45, 7) is 6.09. The molecule has 5 heteroatoms. The van der Waals surface area contributed by atoms with Crippen LogP contribution >= 0.6 is 12.6 Å². The number of hydrogen-bond acceptors (Lipinski definition) is 4. The summed E-state index contributed by atoms with van der Waals surface area (Å²) in [5.41, 5.74) is 0. The highest BCUT2D eigenvalue weighted by molar-refractivity contribution is 7.81. The predicted molar refractivity (Wildman–Crippen MR) is 80.4 cm³/mol. The van der Waals surface area contributed by atoms with Gasteiger partial charge in [0.2, 0.25) is 6.41 Å². The largest absolute Gasteiger partial charge is 0.464 e. The molecule has 0 heterocycles. The molecule has 0 rings (SSSR count). The maximum atomic E-state index is 11.8. The van der Waals surface area contributed by atoms with Gasteiger partial charge in [-0.3, -0.25) is 4.79 Å². The lowest BCUT2D eigenvalue weighted by Gasteiger charge is -2.31. The van der Waals surface area contributed by atoms with Crippen molar-refractivity contribution in [3.05, 3.63) is 0 Å². The van der Waals surface area contributed by atoms with Crippen molar-refractivity contribution in [3.63, 3.8) is 0 Å². The van der Waals surface area contributed by atoms with Crippen LogP contribution < -0.4 is 5.32 Å². The lowest BCUT2D eigenvalue weighted by atomic mass is 9.93. The zero-order valence-corrected chi connectivity index (χ0v) is 13.2. The number of hydrogen-bond donors (Lipinski definition) is 2. The summed E-state index contributed by atoms with van der Waals surface area (Å²) >= 11 is 4.55. The lowest BCUT2D eigenvalue weighted by molar-refractivity contribution is -0.147. The Morgan fingerprint density at radius 2 is 1.95 bits per heavy atom. The van der Waals surface area contributed by atoms with Gasteiger partial charge in [-0.15, -0.1) is 0 Å². The van der Waals surface area contributed by atoms with E-state index in [-0.39, 0.29) is 0 Å². The monoisotopic (exact) mass is 289 g/mol. The molecule has 0 bridgehead atoms. The molecule has 0 aliphatic heterocycles. The number of ether oxygens (including phenoxy) is 1. The van der Waals surface area contributed by atoms with Crippen LogP contribution in [0.4, 0.5) is 0 Å². The normalized spacial score (nSPS) is 15.4. The van der Waals surface area contributed by atoms with E-state index in [0.29, 0.717) is 13.0 Å². The van der Waals surface area contributed by atoms with E-state index in [0.717, 1.165) is 19.3 Å². The molecule has 0 spiro atoms. The maximum Gasteiger partial charge on any atom is 0.330 e. The molecule has 0 saturated carbocycles. The van der Waals surface area contributed by atoms with Crippen molar-refractivity contribution >= 4 is 25.0 Å². The van der Waals surface area contributed by atoms with Gasteiger partial charge < -0.3 is 10.1 Å². The van der Waals surface area contributed by atoms with Gasteiger partial charge in [0.1, 0.15) is 6.04 Å². The molecule has 19 heavy (non-hydrogen) atoms. The highest BCUT2D eigenvalue weighted by Crippen LogP contribution is 2.27. The zero-order valence-electron chi connectivity index (χ0n) is 12.3. The van der Waals surface area contributed by atoms with Gasteiger partial charge in [-0.05, 0) is 20.3 Å². The van der Waals surface area contributed by atoms with E-state index < -0.39 is 16.8 Å². The fourth-order valence-corrected chi connectivity index (χ4v) is 2.36. The van der Waals surface area contributed by atoms with Gasteiger partial charge in [0, 0.05) is 4.75 Å². The Bertz CT molecular complexity index is 269. The van der Waals surface area contributed by atoms with Crippen molar-refractivity contribution in [2.75, 3.05) is 6.61 Å². The maximum absolute atomic E-state index is 11.8. The molecule has 2 unspecified atom stereocenters. The molecule has 0 aliphatic rings. The van der Waals surface area contributed by atoms with Gasteiger partial charge in [0.15, 0.2) is 0 Å². The van der Waals surface area contributed by atoms with Gasteiger partial charge in [0.25, 0.3) is 0 Å². The number of nitrogens with one attached hydrogen (secondary N) is 1. The fourth-order valence-electron chi connectivity index (χ4n) is 2.03. The van der Waals surface area contributed by atoms with Crippen LogP contribution in [0.2, 0.25) is 0 Å². The zero-order chi connectivity index (χ0) is 14.7. The average Bonchev–Trinajstić information content (AvgIpc) is 2.35. The van der Waals surface area contributed by atoms with Gasteiger partial charge in [0.05, 0.1) is 6.61 Å². The standard InChI is InChI=1S/C14H27NO3S/c1-4-6-7-8-9-10-14(3,19)12(15-11-16)13(17)18-5-2/h11-12,19H,4-10H2,1-3H3,(H,15,16). The van der Waals surface area contributed by atoms with E-state index in [1.807, 2.05) is 6.92 Å². The molecule has 0 aromatic carbocycles. The van der Waals surface area contributed by atoms with Crippen LogP contribution in [0.1, 0.15) is 59.3 Å². The summed E-state index contributed by atoms with van der Waals surface area (Å²) in [5, 5.41) is 2.53. The summed E-state index contributed by atoms with van der Waals surface area (Å²) in [5.74, 6) is -0.416. The number of amides is 1. The summed E-state index contributed by atoms with van der Waals surface area (Å²) < 4.78 is 4.39. The Hall–Kier alpha value is -0.710. The van der Waals surface area contributed by atoms with Gasteiger partial charge >= 0.3 is 5.97 Å². The molecule has 2 atom stereocenters. The minimum absolute atomic E-state index is 0.302. The lowest BCUT2D eigenvalue weighted by Crippen LogP contribution is -2.51. The smallest absolute Gasteiger partial charge is 0.330 e. The van der Waals surface area contributed by atoms with Crippen molar-refractivity contribution in [2.45, 2.75) is 70.1 Å². The van der Waals surface area contributed by atoms with E-state index >= 15 is 0 Å². The first kappa shape index (κ1) is 18.3. The molecule has 1 amide bonds. The van der Waals surface area contributed by atoms with Crippen LogP contribution in [0.5, 0.6) is 0 Å². The third-order valence-electron chi connectivity index (χ3n) is 3.17. The molecular weight excluding hydrogens is 262 g/mol. The van der Waals surface area contributed by atoms with Crippen LogP contribution in [0, 0.1) is 0 Å². The first-order valence-electron chi connectivity index (χ1n) is 7.08. The SMILES string of the molecule is CCCCCCCC(C)(S)C(NC=O)C(=O)OCC. The number of esters is 1. The van der Waals surface area contributed by atoms with Crippen molar-refractivity contribution < 1.29 is 14.3 Å². The molecular formula is C14H27NO3S. The summed E-state index contributed by atoms with van der Waals surface area (Å²) in [7, 11) is 0. The topological polar surface area (TPSA) is 55.4 Å². The van der Waals surface area contributed by atoms with Crippen LogP contribution in [0.25, 0.3) is 0 Å². The summed E-state index contributed by atoms with van der Waals surface area (Å²) in [6.07, 6.45) is 7.06. The second-order valence-corrected chi connectivity index (χ2v) is 6.01. The third-order valence-corrected chi connectivity index (χ3v) is 3.65. The molecule has 0 radical (unpaired) electrons. The average molecular weight is 289 g/mol. The van der Waals surface area contributed by atoms with Gasteiger partial charge in [-0.1, -0.05) is 39.0 Å². The van der Waals surface area contributed by atoms with Crippen molar-refractivity contribution in [3.8, 4) is 0 Å². The molecule has 0 saturated heterocycles. The van der Waals surface area contributed by atoms with Crippen molar-refractivity contribution in [1.82, 2.24) is 5.32 Å². The van der Waals surface area contributed by atoms with E-state index in [9.17, 15) is 9.59 Å². The number of thiol groups is 1. The van der Waals surface area contributed by atoms with Gasteiger partial charge in [-0.2, -0.15) is 12.6 Å². The van der Waals surface area contributed by atoms with Crippen molar-refractivity contribution in [2.24, 2.45) is 0 Å². The summed E-state index contributed by atoms with van der Waals surface area (Å²) in [4.78, 5) is 22.5. The van der Waals surface area contributed by atoms with Gasteiger partial charge in [-0.25, -0.2) is 4.79 Å². The highest BCUT2D eigenvalue weighted by Gasteiger charge is 2.36. The number of carbonyl (C=O) groups excluding carboxylic acids is 2. The van der Waals surface area contributed by atoms with E-state index in [1.165, 1.54) is 19.3 Å². The fraction of sp³-hybridized carbons (Fsp3) is 0.857. The Morgan fingerprint density at radius 1 is 1.32 bits per heavy atom. The van der Waals surface area contributed by atoms with Crippen LogP contribution in [0.15, 0.2) is 0 Å². The van der Waals surface area contributed by atoms with E-state index in [4.69, 9.17) is 4.74 Å². The Balaban J connectivity index is 4.34. The Morgan fingerprint density at radius 3 is 2.47 bits per heavy atom. The first-order chi connectivity index (χ1) is 8.99. The Kier molecular flexibility index (Phi) is 9.74. The van der Waals surface area contributed by atoms with E-state index in [1.54, 1.807) is 6.92 Å². The molecule has 0 aliphatic carbocycles. The molecule has 1 N–H and O–H groups in total. The second kappa shape index (κ2) is 10.1. The van der Waals surface area contributed by atoms with Crippen molar-refractivity contribution in [1.29, 1.82) is 0 Å². The van der Waals surface area contributed by atoms with Crippen LogP contribution in [0.3, 0.4) is 0 Å². The minimum atomic E-state index is -0.695. The number of unbranched alkanes of at least 4 members (excludes halogenated alkanes) is 4. The number of carbonyl (C=O) groups is 2. The molecule has 0 aromatic rings. The molecule has 4 nitrogen and oxygen atoms in total. The summed E-state index contributed by atoms with van der Waals surface area (Å²) in [6, 6.07) is -0.695. The number of rotatable bonds is 11. The van der Waals surface area contributed by atoms with Crippen LogP contribution in [-0.4, -0.2) is 29.8 Å². The minimum Gasteiger partial charge on any atom is -0.464 e. The highest BCUT2D eigenvalue weighted by atomic mass is 32.1.